The van der Waals surface area contributed by atoms with Crippen molar-refractivity contribution in [3.8, 4) is 17.2 Å². The van der Waals surface area contributed by atoms with E-state index in [1.165, 1.54) is 25.4 Å². The number of aromatic nitrogens is 1. The van der Waals surface area contributed by atoms with E-state index in [1.807, 2.05) is 0 Å². The number of nitrogens with one attached hydrogen (secondary N) is 2. The van der Waals surface area contributed by atoms with Crippen molar-refractivity contribution >= 4 is 17.5 Å². The number of aryl methyl sites for hydroxylation is 1. The van der Waals surface area contributed by atoms with Crippen molar-refractivity contribution in [3.63, 3.8) is 0 Å². The summed E-state index contributed by atoms with van der Waals surface area (Å²) in [6.45, 7) is 2.95. The van der Waals surface area contributed by atoms with Gasteiger partial charge in [0.2, 0.25) is 5.91 Å². The van der Waals surface area contributed by atoms with Gasteiger partial charge in [0.25, 0.3) is 5.91 Å². The molecule has 0 aliphatic carbocycles. The average Bonchev–Trinajstić information content (AvgIpc) is 3.46. The van der Waals surface area contributed by atoms with E-state index in [1.54, 1.807) is 30.3 Å². The molecule has 2 amide bonds. The van der Waals surface area contributed by atoms with Crippen LogP contribution in [0.3, 0.4) is 0 Å². The molecule has 1 aromatic heterocycles. The number of likely N-dealkylation sites (tertiary alicyclic amines) is 1. The number of benzene rings is 2. The lowest BCUT2D eigenvalue weighted by molar-refractivity contribution is -0.137. The molecule has 0 atom stereocenters. The monoisotopic (exact) mass is 556 g/mol. The lowest BCUT2D eigenvalue weighted by Gasteiger charge is -2.18. The summed E-state index contributed by atoms with van der Waals surface area (Å²) in [5.41, 5.74) is 0.207. The van der Waals surface area contributed by atoms with Crippen LogP contribution in [0.2, 0.25) is 0 Å². The number of ether oxygens (including phenoxy) is 2. The molecule has 4 rings (SSSR count). The third-order valence-corrected chi connectivity index (χ3v) is 6.44. The number of carbonyl (C=O) groups excluding carboxylic acids is 2. The second-order valence-electron chi connectivity index (χ2n) is 9.36. The Morgan fingerprint density at radius 2 is 1.75 bits per heavy atom. The largest absolute Gasteiger partial charge is 0.490 e. The molecule has 212 valence electrons. The van der Waals surface area contributed by atoms with Crippen molar-refractivity contribution in [2.75, 3.05) is 38.6 Å². The molecule has 1 aliphatic rings. The first-order valence-electron chi connectivity index (χ1n) is 13.0. The number of amides is 2. The molecule has 0 spiro atoms. The molecule has 3 aromatic rings. The highest BCUT2D eigenvalue weighted by Crippen LogP contribution is 2.35. The van der Waals surface area contributed by atoms with Crippen molar-refractivity contribution in [2.24, 2.45) is 0 Å². The Labute approximate surface area is 230 Å². The van der Waals surface area contributed by atoms with E-state index in [4.69, 9.17) is 9.47 Å². The number of rotatable bonds is 11. The molecule has 2 N–H and O–H groups in total. The van der Waals surface area contributed by atoms with Gasteiger partial charge in [-0.05, 0) is 74.3 Å². The molecule has 8 nitrogen and oxygen atoms in total. The molecule has 2 heterocycles. The maximum absolute atomic E-state index is 13.3. The fourth-order valence-corrected chi connectivity index (χ4v) is 4.28. The van der Waals surface area contributed by atoms with E-state index < -0.39 is 17.6 Å². The SMILES string of the molecule is CNC(=O)c1cc(Oc2ccc(CCC(=O)Nc3cc(C(F)(F)F)ccc3OCCN3CCCC3)cc2)ccn1. The standard InChI is InChI=1S/C29H31F3N4O4/c1-33-28(38)25-19-23(12-13-34-25)40-22-8-4-20(5-9-22)6-11-27(37)35-24-18-21(29(30,31)32)7-10-26(24)39-17-16-36-14-2-3-15-36/h4-5,7-10,12-13,18-19H,2-3,6,11,14-17H2,1H3,(H,33,38)(H,35,37). The Morgan fingerprint density at radius 3 is 2.45 bits per heavy atom. The number of hydrogen-bond acceptors (Lipinski definition) is 6. The average molecular weight is 557 g/mol. The molecular weight excluding hydrogens is 525 g/mol. The van der Waals surface area contributed by atoms with Gasteiger partial charge < -0.3 is 20.1 Å². The third-order valence-electron chi connectivity index (χ3n) is 6.44. The van der Waals surface area contributed by atoms with Gasteiger partial charge in [-0.1, -0.05) is 12.1 Å². The highest BCUT2D eigenvalue weighted by molar-refractivity contribution is 5.93. The van der Waals surface area contributed by atoms with E-state index in [2.05, 4.69) is 20.5 Å². The van der Waals surface area contributed by atoms with Crippen LogP contribution in [0.15, 0.2) is 60.8 Å². The molecule has 1 aliphatic heterocycles. The van der Waals surface area contributed by atoms with Gasteiger partial charge in [0.1, 0.15) is 29.5 Å². The normalized spacial score (nSPS) is 13.6. The highest BCUT2D eigenvalue weighted by Gasteiger charge is 2.31. The minimum atomic E-state index is -4.54. The van der Waals surface area contributed by atoms with E-state index in [-0.39, 0.29) is 29.5 Å². The summed E-state index contributed by atoms with van der Waals surface area (Å²) in [7, 11) is 1.51. The first kappa shape index (κ1) is 28.9. The van der Waals surface area contributed by atoms with E-state index in [0.717, 1.165) is 43.6 Å². The van der Waals surface area contributed by atoms with Crippen LogP contribution < -0.4 is 20.1 Å². The summed E-state index contributed by atoms with van der Waals surface area (Å²) in [5, 5.41) is 5.10. The minimum absolute atomic E-state index is 0.00142. The zero-order valence-electron chi connectivity index (χ0n) is 22.1. The van der Waals surface area contributed by atoms with Crippen LogP contribution in [0, 0.1) is 0 Å². The van der Waals surface area contributed by atoms with Gasteiger partial charge in [0, 0.05) is 32.3 Å². The van der Waals surface area contributed by atoms with Gasteiger partial charge in [-0.25, -0.2) is 0 Å². The minimum Gasteiger partial charge on any atom is -0.490 e. The summed E-state index contributed by atoms with van der Waals surface area (Å²) in [6.07, 6.45) is -0.390. The first-order valence-corrected chi connectivity index (χ1v) is 13.0. The van der Waals surface area contributed by atoms with E-state index >= 15 is 0 Å². The number of halogens is 3. The molecule has 0 radical (unpaired) electrons. The molecule has 1 saturated heterocycles. The van der Waals surface area contributed by atoms with Gasteiger partial charge in [-0.15, -0.1) is 0 Å². The van der Waals surface area contributed by atoms with Crippen LogP contribution >= 0.6 is 0 Å². The first-order chi connectivity index (χ1) is 19.2. The Bertz CT molecular complexity index is 1310. The fourth-order valence-electron chi connectivity index (χ4n) is 4.28. The molecule has 0 unspecified atom stereocenters. The van der Waals surface area contributed by atoms with Crippen LogP contribution in [-0.4, -0.2) is 55.0 Å². The van der Waals surface area contributed by atoms with Crippen molar-refractivity contribution in [1.82, 2.24) is 15.2 Å². The topological polar surface area (TPSA) is 92.8 Å². The Hall–Kier alpha value is -4.12. The van der Waals surface area contributed by atoms with Crippen LogP contribution in [-0.2, 0) is 17.4 Å². The van der Waals surface area contributed by atoms with E-state index in [0.29, 0.717) is 31.1 Å². The predicted molar refractivity (Wildman–Crippen MR) is 144 cm³/mol. The van der Waals surface area contributed by atoms with Crippen LogP contribution in [0.4, 0.5) is 18.9 Å². The highest BCUT2D eigenvalue weighted by atomic mass is 19.4. The number of nitrogens with zero attached hydrogens (tertiary/aromatic N) is 2. The second-order valence-corrected chi connectivity index (χ2v) is 9.36. The second kappa shape index (κ2) is 13.3. The lowest BCUT2D eigenvalue weighted by Crippen LogP contribution is -2.25. The van der Waals surface area contributed by atoms with Gasteiger partial charge in [0.05, 0.1) is 11.3 Å². The lowest BCUT2D eigenvalue weighted by atomic mass is 10.1. The molecule has 0 bridgehead atoms. The van der Waals surface area contributed by atoms with Gasteiger partial charge in [0.15, 0.2) is 0 Å². The van der Waals surface area contributed by atoms with Crippen LogP contribution in [0.5, 0.6) is 17.2 Å². The molecule has 2 aromatic carbocycles. The Morgan fingerprint density at radius 1 is 1.00 bits per heavy atom. The quantitative estimate of drug-likeness (QED) is 0.333. The molecular formula is C29H31F3N4O4. The van der Waals surface area contributed by atoms with Crippen molar-refractivity contribution in [2.45, 2.75) is 31.9 Å². The van der Waals surface area contributed by atoms with Crippen molar-refractivity contribution in [1.29, 1.82) is 0 Å². The Balaban J connectivity index is 1.33. The predicted octanol–water partition coefficient (Wildman–Crippen LogP) is 5.30. The van der Waals surface area contributed by atoms with Crippen molar-refractivity contribution < 1.29 is 32.2 Å². The molecule has 0 saturated carbocycles. The third kappa shape index (κ3) is 8.19. The summed E-state index contributed by atoms with van der Waals surface area (Å²) >= 11 is 0. The maximum atomic E-state index is 13.3. The van der Waals surface area contributed by atoms with Crippen LogP contribution in [0.1, 0.15) is 40.9 Å². The Kier molecular flexibility index (Phi) is 9.60. The fraction of sp³-hybridized carbons (Fsp3) is 0.345. The molecule has 40 heavy (non-hydrogen) atoms. The summed E-state index contributed by atoms with van der Waals surface area (Å²) in [6, 6.07) is 13.3. The summed E-state index contributed by atoms with van der Waals surface area (Å²) in [4.78, 5) is 30.7. The number of hydrogen-bond donors (Lipinski definition) is 2. The zero-order valence-corrected chi connectivity index (χ0v) is 22.1. The van der Waals surface area contributed by atoms with Gasteiger partial charge in [-0.2, -0.15) is 13.2 Å². The van der Waals surface area contributed by atoms with Crippen LogP contribution in [0.25, 0.3) is 0 Å². The van der Waals surface area contributed by atoms with E-state index in [9.17, 15) is 22.8 Å². The number of carbonyl (C=O) groups is 2. The summed E-state index contributed by atoms with van der Waals surface area (Å²) < 4.78 is 51.5. The van der Waals surface area contributed by atoms with Gasteiger partial charge >= 0.3 is 6.18 Å². The zero-order chi connectivity index (χ0) is 28.5. The van der Waals surface area contributed by atoms with Gasteiger partial charge in [-0.3, -0.25) is 19.5 Å². The smallest absolute Gasteiger partial charge is 0.416 e. The van der Waals surface area contributed by atoms with Crippen molar-refractivity contribution in [3.05, 3.63) is 77.6 Å². The number of anilines is 1. The molecule has 1 fully saturated rings. The maximum Gasteiger partial charge on any atom is 0.416 e. The summed E-state index contributed by atoms with van der Waals surface area (Å²) in [5.74, 6) is 0.424. The number of alkyl halides is 3. The molecule has 11 heteroatoms. The number of pyridine rings is 1.